The van der Waals surface area contributed by atoms with E-state index in [-0.39, 0.29) is 29.4 Å². The molecule has 0 unspecified atom stereocenters. The number of hydrogen-bond donors (Lipinski definition) is 2. The van der Waals surface area contributed by atoms with Gasteiger partial charge in [0.15, 0.2) is 5.96 Å². The highest BCUT2D eigenvalue weighted by Gasteiger charge is 2.35. The van der Waals surface area contributed by atoms with Gasteiger partial charge >= 0.3 is 0 Å². The number of nitrogens with one attached hydrogen (secondary N) is 2. The first kappa shape index (κ1) is 22.0. The number of benzene rings is 1. The molecule has 0 bridgehead atoms. The molecular formula is C20H28ClIN4O. The summed E-state index contributed by atoms with van der Waals surface area (Å²) < 4.78 is 5.62. The van der Waals surface area contributed by atoms with Gasteiger partial charge in [0.1, 0.15) is 5.76 Å². The zero-order chi connectivity index (χ0) is 18.6. The standard InChI is InChI=1S/C20H27ClN4O.HI/c1-14-15(2)26-18(25-14)12-23-19(22-3)24-13-20(9-4-5-10-20)16-7-6-8-17(21)11-16;/h6-8,11H,4-5,9-10,12-13H2,1-3H3,(H2,22,23,24);1H. The molecule has 0 aliphatic heterocycles. The fraction of sp³-hybridized carbons (Fsp3) is 0.500. The second kappa shape index (κ2) is 9.78. The third kappa shape index (κ3) is 5.38. The van der Waals surface area contributed by atoms with E-state index in [0.29, 0.717) is 12.4 Å². The lowest BCUT2D eigenvalue weighted by Gasteiger charge is -2.31. The molecule has 1 aliphatic rings. The Labute approximate surface area is 183 Å². The van der Waals surface area contributed by atoms with Crippen molar-refractivity contribution in [1.29, 1.82) is 0 Å². The van der Waals surface area contributed by atoms with Gasteiger partial charge in [-0.1, -0.05) is 36.6 Å². The van der Waals surface area contributed by atoms with Gasteiger partial charge in [0.2, 0.25) is 5.89 Å². The first-order valence-electron chi connectivity index (χ1n) is 9.16. The summed E-state index contributed by atoms with van der Waals surface area (Å²) in [7, 11) is 1.78. The van der Waals surface area contributed by atoms with Crippen molar-refractivity contribution in [3.8, 4) is 0 Å². The Bertz CT molecular complexity index is 765. The summed E-state index contributed by atoms with van der Waals surface area (Å²) in [6.07, 6.45) is 4.81. The van der Waals surface area contributed by atoms with Crippen LogP contribution in [0.25, 0.3) is 0 Å². The fourth-order valence-corrected chi connectivity index (χ4v) is 3.88. The average Bonchev–Trinajstić information content (AvgIpc) is 3.23. The quantitative estimate of drug-likeness (QED) is 0.352. The first-order chi connectivity index (χ1) is 12.5. The molecule has 1 aliphatic carbocycles. The van der Waals surface area contributed by atoms with Crippen molar-refractivity contribution in [2.75, 3.05) is 13.6 Å². The molecule has 2 N–H and O–H groups in total. The van der Waals surface area contributed by atoms with Gasteiger partial charge in [-0.15, -0.1) is 24.0 Å². The molecule has 3 rings (SSSR count). The zero-order valence-corrected chi connectivity index (χ0v) is 19.2. The Morgan fingerprint density at radius 3 is 2.59 bits per heavy atom. The molecule has 1 aromatic heterocycles. The van der Waals surface area contributed by atoms with E-state index in [2.05, 4.69) is 32.7 Å². The third-order valence-electron chi connectivity index (χ3n) is 5.30. The average molecular weight is 503 g/mol. The van der Waals surface area contributed by atoms with E-state index < -0.39 is 0 Å². The molecule has 7 heteroatoms. The third-order valence-corrected chi connectivity index (χ3v) is 5.53. The summed E-state index contributed by atoms with van der Waals surface area (Å²) in [6, 6.07) is 8.26. The van der Waals surface area contributed by atoms with E-state index in [1.54, 1.807) is 7.05 Å². The Kier molecular flexibility index (Phi) is 7.97. The Morgan fingerprint density at radius 2 is 2.00 bits per heavy atom. The smallest absolute Gasteiger partial charge is 0.214 e. The molecule has 1 heterocycles. The van der Waals surface area contributed by atoms with Crippen molar-refractivity contribution in [2.45, 2.75) is 51.5 Å². The summed E-state index contributed by atoms with van der Waals surface area (Å²) >= 11 is 6.23. The highest BCUT2D eigenvalue weighted by atomic mass is 127. The second-order valence-electron chi connectivity index (χ2n) is 7.03. The lowest BCUT2D eigenvalue weighted by atomic mass is 9.79. The Balaban J connectivity index is 0.00000261. The van der Waals surface area contributed by atoms with Gasteiger partial charge in [0.25, 0.3) is 0 Å². The number of nitrogens with zero attached hydrogens (tertiary/aromatic N) is 2. The molecule has 5 nitrogen and oxygen atoms in total. The molecule has 0 spiro atoms. The number of aliphatic imine (C=N–C) groups is 1. The molecule has 0 atom stereocenters. The normalized spacial score (nSPS) is 16.1. The van der Waals surface area contributed by atoms with Crippen LogP contribution in [0.15, 0.2) is 33.7 Å². The fourth-order valence-electron chi connectivity index (χ4n) is 3.69. The molecule has 1 fully saturated rings. The highest BCUT2D eigenvalue weighted by molar-refractivity contribution is 14.0. The van der Waals surface area contributed by atoms with Crippen LogP contribution < -0.4 is 10.6 Å². The van der Waals surface area contributed by atoms with E-state index in [4.69, 9.17) is 16.0 Å². The van der Waals surface area contributed by atoms with Gasteiger partial charge in [0, 0.05) is 24.0 Å². The number of hydrogen-bond acceptors (Lipinski definition) is 3. The summed E-state index contributed by atoms with van der Waals surface area (Å²) in [5, 5.41) is 7.57. The van der Waals surface area contributed by atoms with Crippen LogP contribution >= 0.6 is 35.6 Å². The van der Waals surface area contributed by atoms with E-state index in [0.717, 1.165) is 41.8 Å². The zero-order valence-electron chi connectivity index (χ0n) is 16.1. The minimum Gasteiger partial charge on any atom is -0.444 e. The van der Waals surface area contributed by atoms with E-state index in [9.17, 15) is 0 Å². The number of aromatic nitrogens is 1. The highest BCUT2D eigenvalue weighted by Crippen LogP contribution is 2.41. The van der Waals surface area contributed by atoms with Gasteiger partial charge in [-0.2, -0.15) is 0 Å². The SMILES string of the molecule is CN=C(NCc1nc(C)c(C)o1)NCC1(c2cccc(Cl)c2)CCCC1.I. The lowest BCUT2D eigenvalue weighted by molar-refractivity contribution is 0.429. The van der Waals surface area contributed by atoms with Crippen molar-refractivity contribution in [3.05, 3.63) is 52.2 Å². The van der Waals surface area contributed by atoms with Crippen LogP contribution in [0, 0.1) is 13.8 Å². The largest absolute Gasteiger partial charge is 0.444 e. The molecule has 27 heavy (non-hydrogen) atoms. The molecule has 0 saturated heterocycles. The van der Waals surface area contributed by atoms with E-state index in [1.165, 1.54) is 18.4 Å². The summed E-state index contributed by atoms with van der Waals surface area (Å²) in [5.41, 5.74) is 2.35. The summed E-state index contributed by atoms with van der Waals surface area (Å²) in [5.74, 6) is 2.29. The molecule has 1 saturated carbocycles. The van der Waals surface area contributed by atoms with Crippen LogP contribution in [-0.4, -0.2) is 24.5 Å². The molecule has 0 radical (unpaired) electrons. The van der Waals surface area contributed by atoms with Gasteiger partial charge in [-0.3, -0.25) is 4.99 Å². The molecule has 2 aromatic rings. The first-order valence-corrected chi connectivity index (χ1v) is 9.54. The maximum absolute atomic E-state index is 6.23. The predicted molar refractivity (Wildman–Crippen MR) is 121 cm³/mol. The predicted octanol–water partition coefficient (Wildman–Crippen LogP) is 4.74. The Hall–Kier alpha value is -1.28. The van der Waals surface area contributed by atoms with Gasteiger partial charge in [-0.25, -0.2) is 4.98 Å². The topological polar surface area (TPSA) is 62.5 Å². The minimum absolute atomic E-state index is 0. The van der Waals surface area contributed by atoms with Gasteiger partial charge in [0.05, 0.1) is 12.2 Å². The van der Waals surface area contributed by atoms with Crippen LogP contribution in [0.1, 0.15) is 48.6 Å². The lowest BCUT2D eigenvalue weighted by Crippen LogP contribution is -2.44. The van der Waals surface area contributed by atoms with Crippen molar-refractivity contribution >= 4 is 41.5 Å². The number of oxazole rings is 1. The van der Waals surface area contributed by atoms with Gasteiger partial charge in [-0.05, 0) is 44.4 Å². The van der Waals surface area contributed by atoms with E-state index >= 15 is 0 Å². The number of aryl methyl sites for hydroxylation is 2. The molecule has 148 valence electrons. The molecule has 0 amide bonds. The molecular weight excluding hydrogens is 475 g/mol. The van der Waals surface area contributed by atoms with Crippen LogP contribution in [0.4, 0.5) is 0 Å². The van der Waals surface area contributed by atoms with Crippen LogP contribution in [0.3, 0.4) is 0 Å². The van der Waals surface area contributed by atoms with Crippen LogP contribution in [0.5, 0.6) is 0 Å². The number of guanidine groups is 1. The van der Waals surface area contributed by atoms with Gasteiger partial charge < -0.3 is 15.1 Å². The van der Waals surface area contributed by atoms with Crippen molar-refractivity contribution < 1.29 is 4.42 Å². The minimum atomic E-state index is 0. The number of rotatable bonds is 5. The summed E-state index contributed by atoms with van der Waals surface area (Å²) in [6.45, 7) is 5.22. The maximum Gasteiger partial charge on any atom is 0.214 e. The molecule has 1 aromatic carbocycles. The van der Waals surface area contributed by atoms with E-state index in [1.807, 2.05) is 26.0 Å². The van der Waals surface area contributed by atoms with Crippen LogP contribution in [-0.2, 0) is 12.0 Å². The monoisotopic (exact) mass is 502 g/mol. The summed E-state index contributed by atoms with van der Waals surface area (Å²) in [4.78, 5) is 8.73. The maximum atomic E-state index is 6.23. The Morgan fingerprint density at radius 1 is 1.26 bits per heavy atom. The second-order valence-corrected chi connectivity index (χ2v) is 7.46. The van der Waals surface area contributed by atoms with Crippen molar-refractivity contribution in [3.63, 3.8) is 0 Å². The van der Waals surface area contributed by atoms with Crippen molar-refractivity contribution in [2.24, 2.45) is 4.99 Å². The van der Waals surface area contributed by atoms with Crippen LogP contribution in [0.2, 0.25) is 5.02 Å². The van der Waals surface area contributed by atoms with Crippen molar-refractivity contribution in [1.82, 2.24) is 15.6 Å². The number of halogens is 2.